The molecule has 0 radical (unpaired) electrons. The lowest BCUT2D eigenvalue weighted by atomic mass is 10.1. The van der Waals surface area contributed by atoms with Crippen LogP contribution < -0.4 is 10.1 Å². The Balaban J connectivity index is 2.17. The molecule has 0 bridgehead atoms. The fourth-order valence-electron chi connectivity index (χ4n) is 1.93. The predicted octanol–water partition coefficient (Wildman–Crippen LogP) is 4.02. The van der Waals surface area contributed by atoms with Crippen LogP contribution in [0.4, 0.5) is 0 Å². The van der Waals surface area contributed by atoms with E-state index in [9.17, 15) is 0 Å². The lowest BCUT2D eigenvalue weighted by Gasteiger charge is -2.20. The minimum atomic E-state index is 0.0876. The minimum Gasteiger partial charge on any atom is -0.485 e. The van der Waals surface area contributed by atoms with E-state index < -0.39 is 0 Å². The predicted molar refractivity (Wildman–Crippen MR) is 87.5 cm³/mol. The first-order chi connectivity index (χ1) is 9.31. The summed E-state index contributed by atoms with van der Waals surface area (Å²) in [6.07, 6.45) is 1.04. The summed E-state index contributed by atoms with van der Waals surface area (Å²) < 4.78 is 7.33. The number of halogens is 1. The number of benzene rings is 2. The highest BCUT2D eigenvalue weighted by Gasteiger charge is 2.13. The second-order valence-corrected chi connectivity index (χ2v) is 5.50. The summed E-state index contributed by atoms with van der Waals surface area (Å²) in [5, 5.41) is 3.19. The molecule has 0 aliphatic heterocycles. The van der Waals surface area contributed by atoms with Gasteiger partial charge in [0.15, 0.2) is 0 Å². The van der Waals surface area contributed by atoms with E-state index in [-0.39, 0.29) is 6.10 Å². The zero-order valence-electron chi connectivity index (χ0n) is 11.0. The number of rotatable bonds is 6. The third-order valence-corrected chi connectivity index (χ3v) is 3.82. The van der Waals surface area contributed by atoms with E-state index in [0.29, 0.717) is 0 Å². The lowest BCUT2D eigenvalue weighted by molar-refractivity contribution is 0.193. The van der Waals surface area contributed by atoms with Gasteiger partial charge >= 0.3 is 0 Å². The molecule has 2 nitrogen and oxygen atoms in total. The first-order valence-corrected chi connectivity index (χ1v) is 7.50. The highest BCUT2D eigenvalue weighted by Crippen LogP contribution is 2.28. The summed E-state index contributed by atoms with van der Waals surface area (Å²) in [5.41, 5.74) is 1.22. The minimum absolute atomic E-state index is 0.0876. The van der Waals surface area contributed by atoms with Crippen LogP contribution in [-0.4, -0.2) is 13.6 Å². The van der Waals surface area contributed by atoms with Gasteiger partial charge in [0, 0.05) is 6.42 Å². The van der Waals surface area contributed by atoms with Gasteiger partial charge in [-0.15, -0.1) is 0 Å². The van der Waals surface area contributed by atoms with Crippen molar-refractivity contribution in [2.75, 3.05) is 13.6 Å². The SMILES string of the molecule is CNCC[C@H](Oc1ccccc1I)c1ccccc1. The summed E-state index contributed by atoms with van der Waals surface area (Å²) in [4.78, 5) is 0. The summed E-state index contributed by atoms with van der Waals surface area (Å²) in [6, 6.07) is 18.5. The summed E-state index contributed by atoms with van der Waals surface area (Å²) >= 11 is 2.31. The Bertz CT molecular complexity index is 501. The summed E-state index contributed by atoms with van der Waals surface area (Å²) in [6.45, 7) is 0.934. The molecule has 1 atom stereocenters. The maximum atomic E-state index is 6.19. The first-order valence-electron chi connectivity index (χ1n) is 6.42. The van der Waals surface area contributed by atoms with E-state index in [2.05, 4.69) is 58.2 Å². The zero-order chi connectivity index (χ0) is 13.5. The van der Waals surface area contributed by atoms with Gasteiger partial charge in [-0.05, 0) is 53.9 Å². The Kier molecular flexibility index (Phi) is 5.66. The second-order valence-electron chi connectivity index (χ2n) is 4.34. The van der Waals surface area contributed by atoms with Crippen LogP contribution in [0.1, 0.15) is 18.1 Å². The normalized spacial score (nSPS) is 12.1. The molecule has 0 amide bonds. The number of ether oxygens (including phenoxy) is 1. The van der Waals surface area contributed by atoms with E-state index in [1.807, 2.05) is 31.3 Å². The number of hydrogen-bond donors (Lipinski definition) is 1. The number of para-hydroxylation sites is 1. The van der Waals surface area contributed by atoms with Crippen molar-refractivity contribution in [3.05, 3.63) is 63.7 Å². The fraction of sp³-hybridized carbons (Fsp3) is 0.250. The smallest absolute Gasteiger partial charge is 0.133 e. The van der Waals surface area contributed by atoms with Gasteiger partial charge in [-0.1, -0.05) is 42.5 Å². The maximum absolute atomic E-state index is 6.19. The molecule has 2 aromatic rings. The Morgan fingerprint density at radius 1 is 1.05 bits per heavy atom. The average molecular weight is 367 g/mol. The topological polar surface area (TPSA) is 21.3 Å². The third-order valence-electron chi connectivity index (χ3n) is 2.93. The molecule has 0 aromatic heterocycles. The number of hydrogen-bond acceptors (Lipinski definition) is 2. The molecule has 0 saturated carbocycles. The van der Waals surface area contributed by atoms with Gasteiger partial charge in [0.2, 0.25) is 0 Å². The maximum Gasteiger partial charge on any atom is 0.133 e. The van der Waals surface area contributed by atoms with E-state index in [4.69, 9.17) is 4.74 Å². The Labute approximate surface area is 128 Å². The van der Waals surface area contributed by atoms with Crippen LogP contribution in [0.5, 0.6) is 5.75 Å². The van der Waals surface area contributed by atoms with Crippen LogP contribution in [0.3, 0.4) is 0 Å². The van der Waals surface area contributed by atoms with Crippen LogP contribution in [0.2, 0.25) is 0 Å². The van der Waals surface area contributed by atoms with Crippen molar-refractivity contribution >= 4 is 22.6 Å². The standard InChI is InChI=1S/C16H18INO/c1-18-12-11-15(13-7-3-2-4-8-13)19-16-10-6-5-9-14(16)17/h2-10,15,18H,11-12H2,1H3/t15-/m0/s1. The zero-order valence-corrected chi connectivity index (χ0v) is 13.1. The molecule has 0 heterocycles. The Morgan fingerprint density at radius 3 is 2.42 bits per heavy atom. The quantitative estimate of drug-likeness (QED) is 0.779. The molecule has 0 fully saturated rings. The second kappa shape index (κ2) is 7.50. The van der Waals surface area contributed by atoms with E-state index >= 15 is 0 Å². The molecule has 1 N–H and O–H groups in total. The molecule has 0 spiro atoms. The molecule has 3 heteroatoms. The van der Waals surface area contributed by atoms with Gasteiger partial charge in [-0.25, -0.2) is 0 Å². The van der Waals surface area contributed by atoms with Gasteiger partial charge in [-0.2, -0.15) is 0 Å². The molecule has 0 aliphatic carbocycles. The molecule has 0 saturated heterocycles. The van der Waals surface area contributed by atoms with E-state index in [1.54, 1.807) is 0 Å². The highest BCUT2D eigenvalue weighted by atomic mass is 127. The molecule has 100 valence electrons. The van der Waals surface area contributed by atoms with Crippen LogP contribution >= 0.6 is 22.6 Å². The van der Waals surface area contributed by atoms with Gasteiger partial charge in [0.05, 0.1) is 3.57 Å². The highest BCUT2D eigenvalue weighted by molar-refractivity contribution is 14.1. The average Bonchev–Trinajstić information content (AvgIpc) is 2.46. The molecule has 0 unspecified atom stereocenters. The van der Waals surface area contributed by atoms with Crippen LogP contribution in [0.25, 0.3) is 0 Å². The van der Waals surface area contributed by atoms with Gasteiger partial charge in [0.1, 0.15) is 11.9 Å². The summed E-state index contributed by atoms with van der Waals surface area (Å²) in [7, 11) is 1.97. The fourth-order valence-corrected chi connectivity index (χ4v) is 2.44. The molecular formula is C16H18INO. The summed E-state index contributed by atoms with van der Waals surface area (Å²) in [5.74, 6) is 0.952. The van der Waals surface area contributed by atoms with Crippen molar-refractivity contribution in [2.24, 2.45) is 0 Å². The van der Waals surface area contributed by atoms with Crippen molar-refractivity contribution in [1.82, 2.24) is 5.32 Å². The lowest BCUT2D eigenvalue weighted by Crippen LogP contribution is -2.16. The molecule has 2 aromatic carbocycles. The van der Waals surface area contributed by atoms with Crippen LogP contribution in [-0.2, 0) is 0 Å². The first kappa shape index (κ1) is 14.3. The van der Waals surface area contributed by atoms with E-state index in [1.165, 1.54) is 5.56 Å². The molecular weight excluding hydrogens is 349 g/mol. The molecule has 19 heavy (non-hydrogen) atoms. The monoisotopic (exact) mass is 367 g/mol. The van der Waals surface area contributed by atoms with Crippen LogP contribution in [0.15, 0.2) is 54.6 Å². The van der Waals surface area contributed by atoms with Crippen molar-refractivity contribution in [1.29, 1.82) is 0 Å². The molecule has 2 rings (SSSR count). The number of nitrogens with one attached hydrogen (secondary N) is 1. The van der Waals surface area contributed by atoms with Crippen LogP contribution in [0, 0.1) is 3.57 Å². The van der Waals surface area contributed by atoms with Crippen molar-refractivity contribution in [3.63, 3.8) is 0 Å². The Hall–Kier alpha value is -1.07. The molecule has 0 aliphatic rings. The van der Waals surface area contributed by atoms with E-state index in [0.717, 1.165) is 22.3 Å². The largest absolute Gasteiger partial charge is 0.485 e. The van der Waals surface area contributed by atoms with Crippen molar-refractivity contribution in [2.45, 2.75) is 12.5 Å². The van der Waals surface area contributed by atoms with Crippen molar-refractivity contribution in [3.8, 4) is 5.75 Å². The van der Waals surface area contributed by atoms with Crippen molar-refractivity contribution < 1.29 is 4.74 Å². The Morgan fingerprint density at radius 2 is 1.74 bits per heavy atom. The van der Waals surface area contributed by atoms with Gasteiger partial charge in [-0.3, -0.25) is 0 Å². The van der Waals surface area contributed by atoms with Gasteiger partial charge < -0.3 is 10.1 Å². The van der Waals surface area contributed by atoms with Gasteiger partial charge in [0.25, 0.3) is 0 Å². The third kappa shape index (κ3) is 4.21.